The Labute approximate surface area is 312 Å². The number of benzene rings is 4. The van der Waals surface area contributed by atoms with Gasteiger partial charge in [0.05, 0.1) is 23.7 Å². The average Bonchev–Trinajstić information content (AvgIpc) is 3.15. The van der Waals surface area contributed by atoms with E-state index in [9.17, 15) is 20.0 Å². The van der Waals surface area contributed by atoms with Crippen LogP contribution >= 0.6 is 34.8 Å². The number of carbonyl (C=O) groups is 1. The molecule has 2 aliphatic rings. The van der Waals surface area contributed by atoms with E-state index < -0.39 is 16.0 Å². The molecule has 0 aliphatic carbocycles. The third-order valence-electron chi connectivity index (χ3n) is 9.49. The summed E-state index contributed by atoms with van der Waals surface area (Å²) in [5, 5.41) is 23.4. The molecule has 0 aromatic heterocycles. The van der Waals surface area contributed by atoms with Crippen molar-refractivity contribution in [2.45, 2.75) is 42.4 Å². The molecular formula is C38H39Cl3N4O6. The Morgan fingerprint density at radius 3 is 2.20 bits per heavy atom. The molecule has 4 aromatic rings. The van der Waals surface area contributed by atoms with E-state index >= 15 is 0 Å². The van der Waals surface area contributed by atoms with Crippen LogP contribution in [0.2, 0.25) is 0 Å². The molecule has 0 radical (unpaired) electrons. The lowest BCUT2D eigenvalue weighted by molar-refractivity contribution is -0.384. The molecule has 1 amide bonds. The van der Waals surface area contributed by atoms with E-state index in [2.05, 4.69) is 28.1 Å². The van der Waals surface area contributed by atoms with Gasteiger partial charge in [-0.15, -0.1) is 0 Å². The second kappa shape index (κ2) is 16.3. The van der Waals surface area contributed by atoms with E-state index in [0.717, 1.165) is 65.2 Å². The first-order valence-corrected chi connectivity index (χ1v) is 17.9. The number of hydrogen-bond acceptors (Lipinski definition) is 8. The number of carbonyl (C=O) groups excluding carboxylic acids is 1. The molecule has 2 fully saturated rings. The van der Waals surface area contributed by atoms with Gasteiger partial charge in [0.1, 0.15) is 0 Å². The highest BCUT2D eigenvalue weighted by Gasteiger charge is 2.39. The van der Waals surface area contributed by atoms with Gasteiger partial charge in [-0.25, -0.2) is 0 Å². The van der Waals surface area contributed by atoms with Crippen molar-refractivity contribution >= 4 is 52.1 Å². The standard InChI is InChI=1S/C38H39Cl3N4O6/c1-25-34(23-43-16-18-44(19-17-43)32-12-14-33(15-13-32)45(48)49)50-36(51-35(25)28-10-8-26(24-46)9-11-28)31-7-3-6-30(21-31)29-5-2-4-27(20-29)22-42-37(47)38(39,40)41/h2-15,20-21,25,34-36,46H,16-19,22-24H2,1H3,(H,42,47)/t25-,34+,35+,36+/m1/s1. The molecule has 268 valence electrons. The normalized spacial score (nSPS) is 21.3. The Kier molecular flexibility index (Phi) is 11.8. The maximum atomic E-state index is 12.1. The van der Waals surface area contributed by atoms with Crippen LogP contribution in [-0.4, -0.2) is 63.5 Å². The minimum Gasteiger partial charge on any atom is -0.392 e. The van der Waals surface area contributed by atoms with E-state index in [0.29, 0.717) is 6.54 Å². The molecule has 0 saturated carbocycles. The van der Waals surface area contributed by atoms with E-state index in [-0.39, 0.29) is 41.9 Å². The Morgan fingerprint density at radius 2 is 1.55 bits per heavy atom. The number of ether oxygens (including phenoxy) is 2. The predicted molar refractivity (Wildman–Crippen MR) is 199 cm³/mol. The molecule has 51 heavy (non-hydrogen) atoms. The fourth-order valence-electron chi connectivity index (χ4n) is 6.56. The Morgan fingerprint density at radius 1 is 0.882 bits per heavy atom. The van der Waals surface area contributed by atoms with Crippen molar-refractivity contribution in [3.8, 4) is 11.1 Å². The van der Waals surface area contributed by atoms with Crippen LogP contribution in [-0.2, 0) is 27.4 Å². The molecule has 2 N–H and O–H groups in total. The number of non-ortho nitro benzene ring substituents is 1. The van der Waals surface area contributed by atoms with Crippen LogP contribution in [0, 0.1) is 16.0 Å². The zero-order chi connectivity index (χ0) is 36.1. The number of piperazine rings is 1. The Balaban J connectivity index is 1.19. The lowest BCUT2D eigenvalue weighted by atomic mass is 9.89. The molecule has 2 saturated heterocycles. The number of aliphatic hydroxyl groups is 1. The van der Waals surface area contributed by atoms with Crippen LogP contribution in [0.15, 0.2) is 97.1 Å². The summed E-state index contributed by atoms with van der Waals surface area (Å²) < 4.78 is 11.5. The van der Waals surface area contributed by atoms with E-state index in [1.54, 1.807) is 12.1 Å². The smallest absolute Gasteiger partial charge is 0.272 e. The van der Waals surface area contributed by atoms with Crippen LogP contribution < -0.4 is 10.2 Å². The first-order valence-electron chi connectivity index (χ1n) is 16.7. The number of nitro benzene ring substituents is 1. The summed E-state index contributed by atoms with van der Waals surface area (Å²) >= 11 is 17.1. The monoisotopic (exact) mass is 752 g/mol. The number of anilines is 1. The number of hydrogen-bond donors (Lipinski definition) is 2. The first kappa shape index (κ1) is 37.0. The minimum atomic E-state index is -2.04. The van der Waals surface area contributed by atoms with Gasteiger partial charge in [-0.2, -0.15) is 0 Å². The van der Waals surface area contributed by atoms with E-state index in [4.69, 9.17) is 44.3 Å². The van der Waals surface area contributed by atoms with Gasteiger partial charge in [-0.1, -0.05) is 102 Å². The minimum absolute atomic E-state index is 0.0247. The van der Waals surface area contributed by atoms with Crippen LogP contribution in [0.1, 0.15) is 41.6 Å². The SMILES string of the molecule is C[C@@H]1[C@H](CN2CCN(c3ccc([N+](=O)[O-])cc3)CC2)O[C@H](c2cccc(-c3cccc(CNC(=O)C(Cl)(Cl)Cl)c3)c2)O[C@@H]1c1ccc(CO)cc1. The molecule has 0 bridgehead atoms. The summed E-state index contributed by atoms with van der Waals surface area (Å²) in [5.74, 6) is -0.668. The van der Waals surface area contributed by atoms with Gasteiger partial charge < -0.3 is 24.8 Å². The number of halogens is 3. The fraction of sp³-hybridized carbons (Fsp3) is 0.342. The fourth-order valence-corrected chi connectivity index (χ4v) is 6.77. The molecule has 6 rings (SSSR count). The Hall–Kier alpha value is -3.74. The van der Waals surface area contributed by atoms with Crippen molar-refractivity contribution in [1.29, 1.82) is 0 Å². The van der Waals surface area contributed by atoms with Gasteiger partial charge in [-0.05, 0) is 52.1 Å². The number of nitrogens with one attached hydrogen (secondary N) is 1. The van der Waals surface area contributed by atoms with Gasteiger partial charge in [0.2, 0.25) is 0 Å². The molecule has 4 aromatic carbocycles. The van der Waals surface area contributed by atoms with Gasteiger partial charge in [0, 0.05) is 68.6 Å². The third-order valence-corrected chi connectivity index (χ3v) is 10.0. The van der Waals surface area contributed by atoms with Gasteiger partial charge >= 0.3 is 0 Å². The molecule has 0 unspecified atom stereocenters. The maximum absolute atomic E-state index is 12.1. The zero-order valence-electron chi connectivity index (χ0n) is 28.0. The summed E-state index contributed by atoms with van der Waals surface area (Å²) in [4.78, 5) is 27.4. The van der Waals surface area contributed by atoms with Crippen molar-refractivity contribution < 1.29 is 24.3 Å². The molecule has 2 aliphatic heterocycles. The van der Waals surface area contributed by atoms with Crippen molar-refractivity contribution in [2.75, 3.05) is 37.6 Å². The molecule has 4 atom stereocenters. The van der Waals surface area contributed by atoms with Crippen LogP contribution in [0.25, 0.3) is 11.1 Å². The highest BCUT2D eigenvalue weighted by atomic mass is 35.6. The Bertz CT molecular complexity index is 1810. The van der Waals surface area contributed by atoms with Gasteiger partial charge in [0.15, 0.2) is 6.29 Å². The summed E-state index contributed by atoms with van der Waals surface area (Å²) in [6.45, 7) is 6.25. The van der Waals surface area contributed by atoms with Gasteiger partial charge in [-0.3, -0.25) is 19.8 Å². The highest BCUT2D eigenvalue weighted by Crippen LogP contribution is 2.42. The number of nitrogens with zero attached hydrogens (tertiary/aromatic N) is 3. The van der Waals surface area contributed by atoms with Crippen LogP contribution in [0.5, 0.6) is 0 Å². The lowest BCUT2D eigenvalue weighted by Crippen LogP contribution is -2.51. The summed E-state index contributed by atoms with van der Waals surface area (Å²) in [6, 6.07) is 30.4. The van der Waals surface area contributed by atoms with E-state index in [1.165, 1.54) is 0 Å². The van der Waals surface area contributed by atoms with Crippen LogP contribution in [0.3, 0.4) is 0 Å². The highest BCUT2D eigenvalue weighted by molar-refractivity contribution is 6.76. The number of amides is 1. The summed E-state index contributed by atoms with van der Waals surface area (Å²) in [7, 11) is 0. The average molecular weight is 754 g/mol. The number of alkyl halides is 3. The van der Waals surface area contributed by atoms with E-state index in [1.807, 2.05) is 78.9 Å². The van der Waals surface area contributed by atoms with Crippen molar-refractivity contribution in [3.63, 3.8) is 0 Å². The zero-order valence-corrected chi connectivity index (χ0v) is 30.2. The molecule has 2 heterocycles. The number of nitro groups is 1. The third kappa shape index (κ3) is 9.20. The topological polar surface area (TPSA) is 117 Å². The van der Waals surface area contributed by atoms with Gasteiger partial charge in [0.25, 0.3) is 15.4 Å². The second-order valence-corrected chi connectivity index (χ2v) is 15.2. The summed E-state index contributed by atoms with van der Waals surface area (Å²) in [6.07, 6.45) is -1.04. The maximum Gasteiger partial charge on any atom is 0.272 e. The molecular weight excluding hydrogens is 715 g/mol. The number of aliphatic hydroxyl groups excluding tert-OH is 1. The number of rotatable bonds is 10. The van der Waals surface area contributed by atoms with Crippen LogP contribution in [0.4, 0.5) is 11.4 Å². The van der Waals surface area contributed by atoms with Crippen molar-refractivity contribution in [3.05, 3.63) is 129 Å². The second-order valence-electron chi connectivity index (χ2n) is 12.9. The quantitative estimate of drug-likeness (QED) is 0.0981. The molecule has 0 spiro atoms. The van der Waals surface area contributed by atoms with Crippen molar-refractivity contribution in [2.24, 2.45) is 5.92 Å². The molecule has 10 nitrogen and oxygen atoms in total. The largest absolute Gasteiger partial charge is 0.392 e. The molecule has 13 heteroatoms. The van der Waals surface area contributed by atoms with Crippen molar-refractivity contribution in [1.82, 2.24) is 10.2 Å². The lowest BCUT2D eigenvalue weighted by Gasteiger charge is -2.44. The predicted octanol–water partition coefficient (Wildman–Crippen LogP) is 7.35. The summed E-state index contributed by atoms with van der Waals surface area (Å²) in [5.41, 5.74) is 6.53. The first-order chi connectivity index (χ1) is 24.5.